The molecule has 2 nitrogen and oxygen atoms in total. The lowest BCUT2D eigenvalue weighted by molar-refractivity contribution is 1.25. The number of hydrogen-bond acceptors (Lipinski definition) is 1. The first-order chi connectivity index (χ1) is 4.75. The number of rotatable bonds is 2. The fraction of sp³-hybridized carbons (Fsp3) is 0.286. The molecule has 10 heavy (non-hydrogen) atoms. The van der Waals surface area contributed by atoms with E-state index in [0.717, 1.165) is 17.0 Å². The molecule has 0 spiro atoms. The second kappa shape index (κ2) is 2.88. The van der Waals surface area contributed by atoms with E-state index in [2.05, 4.69) is 16.5 Å². The topological polar surface area (TPSA) is 28.7 Å². The lowest BCUT2D eigenvalue weighted by Crippen LogP contribution is -1.86. The lowest BCUT2D eigenvalue weighted by Gasteiger charge is -1.95. The van der Waals surface area contributed by atoms with Crippen molar-refractivity contribution in [3.05, 3.63) is 24.3 Å². The van der Waals surface area contributed by atoms with Gasteiger partial charge < -0.3 is 4.98 Å². The molecule has 0 unspecified atom stereocenters. The van der Waals surface area contributed by atoms with E-state index in [1.165, 1.54) is 0 Å². The highest BCUT2D eigenvalue weighted by molar-refractivity contribution is 6.23. The van der Waals surface area contributed by atoms with Crippen molar-refractivity contribution in [1.82, 2.24) is 9.97 Å². The molecule has 0 aliphatic rings. The third-order valence-electron chi connectivity index (χ3n) is 1.33. The van der Waals surface area contributed by atoms with Crippen molar-refractivity contribution in [2.75, 3.05) is 5.88 Å². The summed E-state index contributed by atoms with van der Waals surface area (Å²) in [4.78, 5) is 7.00. The van der Waals surface area contributed by atoms with Crippen LogP contribution in [0.4, 0.5) is 0 Å². The molecule has 0 saturated carbocycles. The van der Waals surface area contributed by atoms with Crippen LogP contribution in [0.2, 0.25) is 0 Å². The lowest BCUT2D eigenvalue weighted by atomic mass is 10.2. The van der Waals surface area contributed by atoms with Crippen molar-refractivity contribution in [2.24, 2.45) is 0 Å². The van der Waals surface area contributed by atoms with Crippen molar-refractivity contribution in [2.45, 2.75) is 6.92 Å². The molecular formula is C7H9ClN2. The first-order valence-electron chi connectivity index (χ1n) is 2.99. The van der Waals surface area contributed by atoms with Crippen LogP contribution in [0.5, 0.6) is 0 Å². The number of imidazole rings is 1. The SMILES string of the molecule is C=C(CCl)c1nc[nH]c1C. The predicted molar refractivity (Wildman–Crippen MR) is 43.1 cm³/mol. The summed E-state index contributed by atoms with van der Waals surface area (Å²) in [6.07, 6.45) is 1.64. The molecule has 1 heterocycles. The van der Waals surface area contributed by atoms with Gasteiger partial charge in [-0.1, -0.05) is 6.58 Å². The first kappa shape index (κ1) is 7.35. The molecule has 54 valence electrons. The molecule has 3 heteroatoms. The molecular weight excluding hydrogens is 148 g/mol. The second-order valence-corrected chi connectivity index (χ2v) is 2.38. The van der Waals surface area contributed by atoms with Crippen molar-refractivity contribution in [3.63, 3.8) is 0 Å². The number of hydrogen-bond donors (Lipinski definition) is 1. The molecule has 1 aromatic rings. The third-order valence-corrected chi connectivity index (χ3v) is 1.65. The van der Waals surface area contributed by atoms with Crippen LogP contribution in [0.1, 0.15) is 11.4 Å². The first-order valence-corrected chi connectivity index (χ1v) is 3.53. The number of H-pyrrole nitrogens is 1. The van der Waals surface area contributed by atoms with Crippen molar-refractivity contribution < 1.29 is 0 Å². The summed E-state index contributed by atoms with van der Waals surface area (Å²) in [7, 11) is 0. The summed E-state index contributed by atoms with van der Waals surface area (Å²) in [5.74, 6) is 0.436. The average Bonchev–Trinajstić information content (AvgIpc) is 2.34. The van der Waals surface area contributed by atoms with E-state index in [-0.39, 0.29) is 0 Å². The summed E-state index contributed by atoms with van der Waals surface area (Å²) in [5, 5.41) is 0. The normalized spacial score (nSPS) is 9.80. The summed E-state index contributed by atoms with van der Waals surface area (Å²) < 4.78 is 0. The maximum atomic E-state index is 5.56. The van der Waals surface area contributed by atoms with Gasteiger partial charge in [-0.2, -0.15) is 0 Å². The number of nitrogens with one attached hydrogen (secondary N) is 1. The maximum absolute atomic E-state index is 5.56. The van der Waals surface area contributed by atoms with Crippen LogP contribution < -0.4 is 0 Å². The van der Waals surface area contributed by atoms with E-state index in [0.29, 0.717) is 5.88 Å². The predicted octanol–water partition coefficient (Wildman–Crippen LogP) is 1.97. The van der Waals surface area contributed by atoms with E-state index < -0.39 is 0 Å². The number of alkyl halides is 1. The minimum Gasteiger partial charge on any atom is -0.348 e. The molecule has 1 rings (SSSR count). The molecule has 0 radical (unpaired) electrons. The van der Waals surface area contributed by atoms with Crippen LogP contribution in [0.3, 0.4) is 0 Å². The maximum Gasteiger partial charge on any atom is 0.0929 e. The smallest absolute Gasteiger partial charge is 0.0929 e. The highest BCUT2D eigenvalue weighted by Gasteiger charge is 2.02. The van der Waals surface area contributed by atoms with Crippen LogP contribution in [0.15, 0.2) is 12.9 Å². The Kier molecular flexibility index (Phi) is 2.12. The average molecular weight is 157 g/mol. The molecule has 0 aromatic carbocycles. The minimum atomic E-state index is 0.436. The highest BCUT2D eigenvalue weighted by atomic mass is 35.5. The van der Waals surface area contributed by atoms with E-state index in [1.54, 1.807) is 6.33 Å². The van der Waals surface area contributed by atoms with E-state index >= 15 is 0 Å². The van der Waals surface area contributed by atoms with Gasteiger partial charge in [0.1, 0.15) is 0 Å². The molecule has 0 atom stereocenters. The van der Waals surface area contributed by atoms with Crippen LogP contribution in [-0.4, -0.2) is 15.8 Å². The third kappa shape index (κ3) is 1.21. The molecule has 1 aromatic heterocycles. The standard InChI is InChI=1S/C7H9ClN2/c1-5(3-8)7-6(2)9-4-10-7/h4H,1,3H2,2H3,(H,9,10). The highest BCUT2D eigenvalue weighted by Crippen LogP contribution is 2.13. The largest absolute Gasteiger partial charge is 0.348 e. The number of nitrogens with zero attached hydrogens (tertiary/aromatic N) is 1. The minimum absolute atomic E-state index is 0.436. The summed E-state index contributed by atoms with van der Waals surface area (Å²) in [5.41, 5.74) is 2.76. The molecule has 0 fully saturated rings. The Morgan fingerprint density at radius 3 is 3.00 bits per heavy atom. The number of allylic oxidation sites excluding steroid dienone is 1. The van der Waals surface area contributed by atoms with Crippen LogP contribution in [0, 0.1) is 6.92 Å². The number of halogens is 1. The van der Waals surface area contributed by atoms with Gasteiger partial charge in [0.2, 0.25) is 0 Å². The van der Waals surface area contributed by atoms with Crippen molar-refractivity contribution in [1.29, 1.82) is 0 Å². The van der Waals surface area contributed by atoms with Gasteiger partial charge >= 0.3 is 0 Å². The molecule has 1 N–H and O–H groups in total. The molecule has 0 saturated heterocycles. The Bertz CT molecular complexity index is 240. The van der Waals surface area contributed by atoms with Gasteiger partial charge in [0.25, 0.3) is 0 Å². The Morgan fingerprint density at radius 2 is 2.60 bits per heavy atom. The molecule has 0 amide bonds. The van der Waals surface area contributed by atoms with Crippen LogP contribution in [-0.2, 0) is 0 Å². The van der Waals surface area contributed by atoms with Gasteiger partial charge in [-0.3, -0.25) is 0 Å². The quantitative estimate of drug-likeness (QED) is 0.652. The van der Waals surface area contributed by atoms with Crippen molar-refractivity contribution >= 4 is 17.2 Å². The Morgan fingerprint density at radius 1 is 1.90 bits per heavy atom. The van der Waals surface area contributed by atoms with Gasteiger partial charge in [-0.25, -0.2) is 4.98 Å². The fourth-order valence-corrected chi connectivity index (χ4v) is 0.905. The zero-order valence-corrected chi connectivity index (χ0v) is 6.57. The zero-order valence-electron chi connectivity index (χ0n) is 5.82. The zero-order chi connectivity index (χ0) is 7.56. The number of aromatic nitrogens is 2. The number of aryl methyl sites for hydroxylation is 1. The van der Waals surface area contributed by atoms with Crippen LogP contribution >= 0.6 is 11.6 Å². The fourth-order valence-electron chi connectivity index (χ4n) is 0.779. The van der Waals surface area contributed by atoms with Gasteiger partial charge in [0.05, 0.1) is 12.0 Å². The Hall–Kier alpha value is -0.760. The number of aromatic amines is 1. The van der Waals surface area contributed by atoms with E-state index in [4.69, 9.17) is 11.6 Å². The Balaban J connectivity index is 2.93. The van der Waals surface area contributed by atoms with Gasteiger partial charge in [-0.15, -0.1) is 11.6 Å². The van der Waals surface area contributed by atoms with Gasteiger partial charge in [-0.05, 0) is 12.5 Å². The van der Waals surface area contributed by atoms with E-state index in [1.807, 2.05) is 6.92 Å². The summed E-state index contributed by atoms with van der Waals surface area (Å²) in [6.45, 7) is 5.71. The molecule has 0 bridgehead atoms. The van der Waals surface area contributed by atoms with Gasteiger partial charge in [0, 0.05) is 11.6 Å². The molecule has 0 aliphatic carbocycles. The summed E-state index contributed by atoms with van der Waals surface area (Å²) >= 11 is 5.56. The van der Waals surface area contributed by atoms with Crippen LogP contribution in [0.25, 0.3) is 5.57 Å². The van der Waals surface area contributed by atoms with E-state index in [9.17, 15) is 0 Å². The van der Waals surface area contributed by atoms with Gasteiger partial charge in [0.15, 0.2) is 0 Å². The Labute approximate surface area is 64.9 Å². The van der Waals surface area contributed by atoms with Crippen molar-refractivity contribution in [3.8, 4) is 0 Å². The monoisotopic (exact) mass is 156 g/mol. The molecule has 0 aliphatic heterocycles. The second-order valence-electron chi connectivity index (χ2n) is 2.11. The summed E-state index contributed by atoms with van der Waals surface area (Å²) in [6, 6.07) is 0.